The van der Waals surface area contributed by atoms with Crippen molar-refractivity contribution in [2.45, 2.75) is 51.2 Å². The summed E-state index contributed by atoms with van der Waals surface area (Å²) in [6.45, 7) is 3.43. The maximum absolute atomic E-state index is 12.9. The minimum absolute atomic E-state index is 0.0629. The second-order valence-corrected chi connectivity index (χ2v) is 7.26. The molecule has 0 unspecified atom stereocenters. The van der Waals surface area contributed by atoms with Gasteiger partial charge in [0.2, 0.25) is 11.8 Å². The van der Waals surface area contributed by atoms with Gasteiger partial charge in [0.15, 0.2) is 5.82 Å². The summed E-state index contributed by atoms with van der Waals surface area (Å²) >= 11 is 1.75. The molecule has 2 aliphatic rings. The van der Waals surface area contributed by atoms with Crippen LogP contribution in [-0.4, -0.2) is 34.1 Å². The molecule has 2 aromatic rings. The zero-order valence-corrected chi connectivity index (χ0v) is 14.6. The zero-order valence-electron chi connectivity index (χ0n) is 13.7. The van der Waals surface area contributed by atoms with Gasteiger partial charge in [-0.05, 0) is 29.9 Å². The van der Waals surface area contributed by atoms with Crippen LogP contribution in [0.15, 0.2) is 16.0 Å². The third-order valence-corrected chi connectivity index (χ3v) is 5.79. The third kappa shape index (κ3) is 2.86. The summed E-state index contributed by atoms with van der Waals surface area (Å²) in [5.41, 5.74) is 1.18. The minimum atomic E-state index is -0.120. The van der Waals surface area contributed by atoms with E-state index in [0.29, 0.717) is 31.2 Å². The highest BCUT2D eigenvalue weighted by molar-refractivity contribution is 7.10. The number of fused-ring (bicyclic) bond motifs is 1. The van der Waals surface area contributed by atoms with E-state index in [9.17, 15) is 4.79 Å². The molecule has 0 N–H and O–H groups in total. The first-order valence-electron chi connectivity index (χ1n) is 8.56. The molecule has 2 aliphatic heterocycles. The highest BCUT2D eigenvalue weighted by atomic mass is 32.1. The molecule has 0 aromatic carbocycles. The van der Waals surface area contributed by atoms with Crippen molar-refractivity contribution in [3.05, 3.63) is 33.6 Å². The Morgan fingerprint density at radius 2 is 2.42 bits per heavy atom. The van der Waals surface area contributed by atoms with Gasteiger partial charge >= 0.3 is 0 Å². The lowest BCUT2D eigenvalue weighted by molar-refractivity contribution is -0.135. The van der Waals surface area contributed by atoms with Crippen LogP contribution in [-0.2, 0) is 22.4 Å². The second-order valence-electron chi connectivity index (χ2n) is 6.26. The van der Waals surface area contributed by atoms with E-state index in [1.807, 2.05) is 11.8 Å². The molecule has 2 aromatic heterocycles. The number of aryl methyl sites for hydroxylation is 1. The van der Waals surface area contributed by atoms with E-state index < -0.39 is 0 Å². The van der Waals surface area contributed by atoms with Crippen molar-refractivity contribution in [2.75, 3.05) is 13.2 Å². The minimum Gasteiger partial charge on any atom is -0.373 e. The largest absolute Gasteiger partial charge is 0.373 e. The number of aromatic nitrogens is 2. The van der Waals surface area contributed by atoms with Crippen LogP contribution in [0.25, 0.3) is 0 Å². The van der Waals surface area contributed by atoms with E-state index in [1.165, 1.54) is 10.4 Å². The van der Waals surface area contributed by atoms with Crippen LogP contribution in [0.2, 0.25) is 0 Å². The van der Waals surface area contributed by atoms with E-state index in [1.54, 1.807) is 11.3 Å². The number of thiophene rings is 1. The molecule has 0 spiro atoms. The molecule has 0 radical (unpaired) electrons. The van der Waals surface area contributed by atoms with Crippen LogP contribution in [0.3, 0.4) is 0 Å². The van der Waals surface area contributed by atoms with Gasteiger partial charge in [-0.1, -0.05) is 12.1 Å². The Bertz CT molecular complexity index is 726. The predicted molar refractivity (Wildman–Crippen MR) is 88.7 cm³/mol. The fraction of sp³-hybridized carbons (Fsp3) is 0.588. The number of ether oxygens (including phenoxy) is 1. The molecule has 1 amide bonds. The van der Waals surface area contributed by atoms with E-state index in [0.717, 1.165) is 25.8 Å². The zero-order chi connectivity index (χ0) is 16.5. The number of hydrogen-bond acceptors (Lipinski definition) is 6. The number of nitrogens with zero attached hydrogens (tertiary/aromatic N) is 3. The Balaban J connectivity index is 1.48. The summed E-state index contributed by atoms with van der Waals surface area (Å²) in [6.07, 6.45) is 3.80. The summed E-state index contributed by atoms with van der Waals surface area (Å²) in [6, 6.07) is 2.03. The van der Waals surface area contributed by atoms with Crippen molar-refractivity contribution in [1.29, 1.82) is 0 Å². The quantitative estimate of drug-likeness (QED) is 0.850. The van der Waals surface area contributed by atoms with E-state index in [-0.39, 0.29) is 18.1 Å². The van der Waals surface area contributed by atoms with E-state index in [4.69, 9.17) is 9.26 Å². The molecule has 4 rings (SSSR count). The summed E-state index contributed by atoms with van der Waals surface area (Å²) in [4.78, 5) is 20.5. The van der Waals surface area contributed by atoms with Gasteiger partial charge in [0, 0.05) is 24.3 Å². The third-order valence-electron chi connectivity index (χ3n) is 4.79. The monoisotopic (exact) mass is 347 g/mol. The van der Waals surface area contributed by atoms with Crippen LogP contribution in [0, 0.1) is 0 Å². The van der Waals surface area contributed by atoms with Crippen molar-refractivity contribution in [3.63, 3.8) is 0 Å². The van der Waals surface area contributed by atoms with Crippen molar-refractivity contribution in [2.24, 2.45) is 0 Å². The Morgan fingerprint density at radius 1 is 1.50 bits per heavy atom. The van der Waals surface area contributed by atoms with E-state index >= 15 is 0 Å². The first kappa shape index (κ1) is 15.8. The van der Waals surface area contributed by atoms with Crippen LogP contribution in [0.5, 0.6) is 0 Å². The molecule has 1 fully saturated rings. The number of rotatable bonds is 4. The maximum atomic E-state index is 12.9. The van der Waals surface area contributed by atoms with E-state index in [2.05, 4.69) is 21.6 Å². The molecule has 6 nitrogen and oxygen atoms in total. The average Bonchev–Trinajstić information content (AvgIpc) is 3.33. The number of likely N-dealkylation sites (tertiary alicyclic amines) is 1. The second kappa shape index (κ2) is 6.64. The highest BCUT2D eigenvalue weighted by Gasteiger charge is 2.35. The summed E-state index contributed by atoms with van der Waals surface area (Å²) in [5.74, 6) is 1.38. The molecular weight excluding hydrogens is 326 g/mol. The van der Waals surface area contributed by atoms with Gasteiger partial charge in [0.05, 0.1) is 25.2 Å². The molecule has 1 saturated heterocycles. The van der Waals surface area contributed by atoms with Crippen molar-refractivity contribution in [3.8, 4) is 0 Å². The van der Waals surface area contributed by atoms with Crippen LogP contribution in [0.1, 0.15) is 60.5 Å². The van der Waals surface area contributed by atoms with Crippen LogP contribution < -0.4 is 0 Å². The number of carbonyl (C=O) groups is 1. The van der Waals surface area contributed by atoms with Crippen LogP contribution in [0.4, 0.5) is 0 Å². The molecule has 0 saturated carbocycles. The maximum Gasteiger partial charge on any atom is 0.226 e. The Hall–Kier alpha value is -1.73. The normalized spacial score (nSPS) is 23.5. The van der Waals surface area contributed by atoms with Gasteiger partial charge in [0.25, 0.3) is 0 Å². The Kier molecular flexibility index (Phi) is 4.37. The fourth-order valence-electron chi connectivity index (χ4n) is 3.55. The number of amides is 1. The van der Waals surface area contributed by atoms with Gasteiger partial charge in [-0.15, -0.1) is 11.3 Å². The van der Waals surface area contributed by atoms with Crippen LogP contribution >= 0.6 is 11.3 Å². The molecule has 128 valence electrons. The molecule has 2 atom stereocenters. The van der Waals surface area contributed by atoms with Crippen molar-refractivity contribution in [1.82, 2.24) is 15.0 Å². The number of carbonyl (C=O) groups excluding carboxylic acids is 1. The van der Waals surface area contributed by atoms with Gasteiger partial charge in [-0.3, -0.25) is 4.79 Å². The molecular formula is C17H21N3O3S. The van der Waals surface area contributed by atoms with Gasteiger partial charge in [-0.2, -0.15) is 4.98 Å². The standard InChI is InChI=1S/C17H21N3O3S/c1-2-15-18-17(19-23-15)12-4-3-7-20(12)16(21)10-13-11-6-9-24-14(11)5-8-22-13/h6,9,12-13H,2-5,7-8,10H2,1H3/t12-,13-/m1/s1. The lowest BCUT2D eigenvalue weighted by Crippen LogP contribution is -2.33. The summed E-state index contributed by atoms with van der Waals surface area (Å²) < 4.78 is 11.1. The SMILES string of the molecule is CCc1nc([C@H]2CCCN2C(=O)C[C@H]2OCCc3sccc32)no1. The van der Waals surface area contributed by atoms with Crippen molar-refractivity contribution >= 4 is 17.2 Å². The highest BCUT2D eigenvalue weighted by Crippen LogP contribution is 2.36. The fourth-order valence-corrected chi connectivity index (χ4v) is 4.47. The molecule has 0 aliphatic carbocycles. The van der Waals surface area contributed by atoms with Crippen molar-refractivity contribution < 1.29 is 14.1 Å². The summed E-state index contributed by atoms with van der Waals surface area (Å²) in [5, 5.41) is 6.15. The lowest BCUT2D eigenvalue weighted by atomic mass is 10.0. The van der Waals surface area contributed by atoms with Gasteiger partial charge in [0.1, 0.15) is 0 Å². The van der Waals surface area contributed by atoms with Gasteiger partial charge < -0.3 is 14.2 Å². The topological polar surface area (TPSA) is 68.5 Å². The Labute approximate surface area is 144 Å². The first-order chi connectivity index (χ1) is 11.8. The number of hydrogen-bond donors (Lipinski definition) is 0. The first-order valence-corrected chi connectivity index (χ1v) is 9.44. The predicted octanol–water partition coefficient (Wildman–Crippen LogP) is 3.06. The smallest absolute Gasteiger partial charge is 0.226 e. The average molecular weight is 347 g/mol. The molecule has 24 heavy (non-hydrogen) atoms. The Morgan fingerprint density at radius 3 is 3.25 bits per heavy atom. The van der Waals surface area contributed by atoms with Gasteiger partial charge in [-0.25, -0.2) is 0 Å². The molecule has 7 heteroatoms. The molecule has 0 bridgehead atoms. The summed E-state index contributed by atoms with van der Waals surface area (Å²) in [7, 11) is 0. The molecule has 4 heterocycles. The lowest BCUT2D eigenvalue weighted by Gasteiger charge is -2.27.